The molecule has 0 spiro atoms. The Bertz CT molecular complexity index is 1310. The van der Waals surface area contributed by atoms with Gasteiger partial charge in [-0.3, -0.25) is 4.57 Å². The molecule has 0 aliphatic carbocycles. The lowest BCUT2D eigenvalue weighted by Gasteiger charge is -2.30. The zero-order valence-electron chi connectivity index (χ0n) is 18.7. The summed E-state index contributed by atoms with van der Waals surface area (Å²) in [6, 6.07) is 10.1. The summed E-state index contributed by atoms with van der Waals surface area (Å²) in [5.41, 5.74) is 4.51. The highest BCUT2D eigenvalue weighted by Gasteiger charge is 2.17. The number of nitrogens with one attached hydrogen (secondary N) is 2. The lowest BCUT2D eigenvalue weighted by Crippen LogP contribution is -2.36. The molecule has 2 N–H and O–H groups in total. The first-order valence-corrected chi connectivity index (χ1v) is 10.9. The van der Waals surface area contributed by atoms with Crippen molar-refractivity contribution in [1.29, 1.82) is 5.26 Å². The van der Waals surface area contributed by atoms with E-state index in [1.807, 2.05) is 22.8 Å². The third-order valence-electron chi connectivity index (χ3n) is 5.50. The Kier molecular flexibility index (Phi) is 6.19. The van der Waals surface area contributed by atoms with Gasteiger partial charge >= 0.3 is 0 Å². The number of nitriles is 1. The maximum atomic E-state index is 9.47. The number of methoxy groups -OCH3 is 1. The number of nitrogens with zero attached hydrogens (tertiary/aromatic N) is 8. The Morgan fingerprint density at radius 3 is 2.74 bits per heavy atom. The fourth-order valence-corrected chi connectivity index (χ4v) is 3.88. The number of aromatic nitrogens is 6. The van der Waals surface area contributed by atoms with Gasteiger partial charge in [-0.15, -0.1) is 15.3 Å². The first-order chi connectivity index (χ1) is 16.8. The summed E-state index contributed by atoms with van der Waals surface area (Å²) in [5, 5.41) is 28.7. The van der Waals surface area contributed by atoms with E-state index >= 15 is 0 Å². The van der Waals surface area contributed by atoms with Crippen LogP contribution in [0.4, 0.5) is 22.9 Å². The van der Waals surface area contributed by atoms with E-state index in [0.717, 1.165) is 35.8 Å². The molecule has 3 aromatic heterocycles. The Labute approximate surface area is 195 Å². The van der Waals surface area contributed by atoms with E-state index in [-0.39, 0.29) is 0 Å². The number of fused-ring (bicyclic) bond motifs is 1. The van der Waals surface area contributed by atoms with Crippen LogP contribution in [0.1, 0.15) is 5.69 Å². The third kappa shape index (κ3) is 4.34. The Hall–Kier alpha value is -4.21. The van der Waals surface area contributed by atoms with Crippen LogP contribution in [0.5, 0.6) is 0 Å². The van der Waals surface area contributed by atoms with Gasteiger partial charge < -0.3 is 25.0 Å². The van der Waals surface area contributed by atoms with Crippen LogP contribution in [0.15, 0.2) is 43.1 Å². The molecule has 1 saturated heterocycles. The SMILES string of the molecule is COCCNc1cc(Nc2ccc(N3CCOCC3)c(-n3cnnc3)c2)nn2c(C#N)cnc12. The van der Waals surface area contributed by atoms with Crippen molar-refractivity contribution >= 4 is 28.5 Å². The molecular weight excluding hydrogens is 436 g/mol. The summed E-state index contributed by atoms with van der Waals surface area (Å²) < 4.78 is 14.1. The van der Waals surface area contributed by atoms with Gasteiger partial charge in [0.25, 0.3) is 0 Å². The second kappa shape index (κ2) is 9.74. The number of rotatable bonds is 8. The van der Waals surface area contributed by atoms with Gasteiger partial charge in [-0.2, -0.15) is 9.78 Å². The van der Waals surface area contributed by atoms with Crippen LogP contribution in [0.2, 0.25) is 0 Å². The van der Waals surface area contributed by atoms with E-state index in [4.69, 9.17) is 9.47 Å². The average molecular weight is 461 g/mol. The molecule has 4 aromatic rings. The normalized spacial score (nSPS) is 13.7. The number of morpholine rings is 1. The van der Waals surface area contributed by atoms with Gasteiger partial charge in [-0.1, -0.05) is 0 Å². The summed E-state index contributed by atoms with van der Waals surface area (Å²) in [6.07, 6.45) is 4.86. The van der Waals surface area contributed by atoms with Crippen molar-refractivity contribution in [2.45, 2.75) is 0 Å². The van der Waals surface area contributed by atoms with Crippen molar-refractivity contribution in [1.82, 2.24) is 29.4 Å². The molecule has 1 aliphatic heterocycles. The number of ether oxygens (including phenoxy) is 2. The molecule has 5 rings (SSSR count). The summed E-state index contributed by atoms with van der Waals surface area (Å²) in [4.78, 5) is 6.63. The van der Waals surface area contributed by atoms with Gasteiger partial charge in [0.2, 0.25) is 0 Å². The van der Waals surface area contributed by atoms with Gasteiger partial charge in [-0.25, -0.2) is 4.98 Å². The molecular formula is C22H24N10O2. The first-order valence-electron chi connectivity index (χ1n) is 10.9. The molecule has 0 bridgehead atoms. The fourth-order valence-electron chi connectivity index (χ4n) is 3.88. The molecule has 1 fully saturated rings. The standard InChI is InChI=1S/C22H24N10O2/c1-33-7-4-24-18-11-21(29-32-17(12-23)13-25-22(18)32)28-16-2-3-19(30-5-8-34-9-6-30)20(10-16)31-14-26-27-15-31/h2-3,10-11,13-15,24H,4-9H2,1H3,(H,28,29). The van der Waals surface area contributed by atoms with Crippen molar-refractivity contribution < 1.29 is 9.47 Å². The van der Waals surface area contributed by atoms with Crippen LogP contribution in [0.25, 0.3) is 11.3 Å². The Morgan fingerprint density at radius 1 is 1.15 bits per heavy atom. The van der Waals surface area contributed by atoms with Gasteiger partial charge in [-0.05, 0) is 18.2 Å². The molecule has 12 nitrogen and oxygen atoms in total. The maximum Gasteiger partial charge on any atom is 0.178 e. The quantitative estimate of drug-likeness (QED) is 0.375. The summed E-state index contributed by atoms with van der Waals surface area (Å²) in [6.45, 7) is 4.14. The van der Waals surface area contributed by atoms with Crippen LogP contribution in [0, 0.1) is 11.3 Å². The number of hydrogen-bond donors (Lipinski definition) is 2. The van der Waals surface area contributed by atoms with E-state index in [0.29, 0.717) is 43.5 Å². The summed E-state index contributed by atoms with van der Waals surface area (Å²) >= 11 is 0. The zero-order valence-corrected chi connectivity index (χ0v) is 18.7. The first kappa shape index (κ1) is 21.6. The highest BCUT2D eigenvalue weighted by atomic mass is 16.5. The van der Waals surface area contributed by atoms with Gasteiger partial charge in [0, 0.05) is 38.5 Å². The van der Waals surface area contributed by atoms with Gasteiger partial charge in [0.1, 0.15) is 18.7 Å². The monoisotopic (exact) mass is 460 g/mol. The third-order valence-corrected chi connectivity index (χ3v) is 5.50. The van der Waals surface area contributed by atoms with Crippen LogP contribution in [-0.4, -0.2) is 75.9 Å². The lowest BCUT2D eigenvalue weighted by molar-refractivity contribution is 0.122. The predicted molar refractivity (Wildman–Crippen MR) is 126 cm³/mol. The van der Waals surface area contributed by atoms with Crippen LogP contribution < -0.4 is 15.5 Å². The maximum absolute atomic E-state index is 9.47. The summed E-state index contributed by atoms with van der Waals surface area (Å²) in [7, 11) is 1.65. The average Bonchev–Trinajstić information content (AvgIpc) is 3.55. The van der Waals surface area contributed by atoms with Gasteiger partial charge in [0.15, 0.2) is 17.2 Å². The van der Waals surface area contributed by atoms with Crippen molar-refractivity contribution in [3.05, 3.63) is 48.8 Å². The van der Waals surface area contributed by atoms with E-state index in [1.54, 1.807) is 19.8 Å². The molecule has 1 aliphatic rings. The molecule has 0 saturated carbocycles. The summed E-state index contributed by atoms with van der Waals surface area (Å²) in [5.74, 6) is 0.566. The van der Waals surface area contributed by atoms with Crippen molar-refractivity contribution in [3.63, 3.8) is 0 Å². The van der Waals surface area contributed by atoms with Crippen LogP contribution in [0.3, 0.4) is 0 Å². The van der Waals surface area contributed by atoms with E-state index in [2.05, 4.69) is 47.9 Å². The lowest BCUT2D eigenvalue weighted by atomic mass is 10.2. The minimum absolute atomic E-state index is 0.348. The van der Waals surface area contributed by atoms with Crippen LogP contribution in [-0.2, 0) is 9.47 Å². The van der Waals surface area contributed by atoms with E-state index in [1.165, 1.54) is 10.7 Å². The molecule has 1 aromatic carbocycles. The Morgan fingerprint density at radius 2 is 1.97 bits per heavy atom. The van der Waals surface area contributed by atoms with Gasteiger partial charge in [0.05, 0.1) is 43.1 Å². The highest BCUT2D eigenvalue weighted by Crippen LogP contribution is 2.30. The Balaban J connectivity index is 1.50. The minimum Gasteiger partial charge on any atom is -0.383 e. The largest absolute Gasteiger partial charge is 0.383 e. The zero-order chi connectivity index (χ0) is 23.3. The molecule has 34 heavy (non-hydrogen) atoms. The fraction of sp³-hybridized carbons (Fsp3) is 0.318. The molecule has 12 heteroatoms. The molecule has 174 valence electrons. The second-order valence-electron chi connectivity index (χ2n) is 7.65. The van der Waals surface area contributed by atoms with E-state index in [9.17, 15) is 5.26 Å². The highest BCUT2D eigenvalue weighted by molar-refractivity contribution is 5.75. The number of benzene rings is 1. The number of imidazole rings is 1. The second-order valence-corrected chi connectivity index (χ2v) is 7.65. The topological polar surface area (TPSA) is 130 Å². The number of hydrogen-bond acceptors (Lipinski definition) is 10. The van der Waals surface area contributed by atoms with E-state index < -0.39 is 0 Å². The molecule has 0 amide bonds. The molecule has 0 radical (unpaired) electrons. The van der Waals surface area contributed by atoms with Crippen molar-refractivity contribution in [2.24, 2.45) is 0 Å². The molecule has 0 unspecified atom stereocenters. The predicted octanol–water partition coefficient (Wildman–Crippen LogP) is 1.82. The van der Waals surface area contributed by atoms with Crippen LogP contribution >= 0.6 is 0 Å². The molecule has 4 heterocycles. The minimum atomic E-state index is 0.348. The molecule has 0 atom stereocenters. The van der Waals surface area contributed by atoms with Crippen molar-refractivity contribution in [2.75, 3.05) is 62.1 Å². The smallest absolute Gasteiger partial charge is 0.178 e. The number of anilines is 4. The van der Waals surface area contributed by atoms with Crippen molar-refractivity contribution in [3.8, 4) is 11.8 Å².